The Balaban J connectivity index is 1.66. The highest BCUT2D eigenvalue weighted by Gasteiger charge is 2.14. The summed E-state index contributed by atoms with van der Waals surface area (Å²) in [5.41, 5.74) is 2.04. The molecule has 0 aliphatic heterocycles. The summed E-state index contributed by atoms with van der Waals surface area (Å²) in [4.78, 5) is 0. The first-order valence-electron chi connectivity index (χ1n) is 6.85. The number of furan rings is 1. The summed E-state index contributed by atoms with van der Waals surface area (Å²) in [6.45, 7) is 1.87. The molecule has 0 bridgehead atoms. The fourth-order valence-electron chi connectivity index (χ4n) is 2.05. The van der Waals surface area contributed by atoms with Crippen LogP contribution in [0.25, 0.3) is 17.5 Å². The van der Waals surface area contributed by atoms with Crippen molar-refractivity contribution < 1.29 is 4.42 Å². The molecule has 3 rings (SSSR count). The van der Waals surface area contributed by atoms with Gasteiger partial charge >= 0.3 is 0 Å². The second-order valence-electron chi connectivity index (χ2n) is 4.69. The summed E-state index contributed by atoms with van der Waals surface area (Å²) in [6.07, 6.45) is 5.78. The number of aryl methyl sites for hydroxylation is 1. The van der Waals surface area contributed by atoms with Gasteiger partial charge in [-0.3, -0.25) is 0 Å². The van der Waals surface area contributed by atoms with Crippen molar-refractivity contribution in [1.29, 1.82) is 0 Å². The number of aromatic nitrogens is 3. The highest BCUT2D eigenvalue weighted by Crippen LogP contribution is 2.24. The number of thioether (sulfide) groups is 1. The van der Waals surface area contributed by atoms with Gasteiger partial charge in [0.1, 0.15) is 5.76 Å². The molecular weight excluding hydrogens is 296 g/mol. The van der Waals surface area contributed by atoms with Crippen LogP contribution in [-0.2, 0) is 0 Å². The van der Waals surface area contributed by atoms with Gasteiger partial charge in [0.05, 0.1) is 11.8 Å². The molecule has 0 unspecified atom stereocenters. The lowest BCUT2D eigenvalue weighted by atomic mass is 10.2. The smallest absolute Gasteiger partial charge is 0.210 e. The normalized spacial score (nSPS) is 11.3. The van der Waals surface area contributed by atoms with Gasteiger partial charge in [0.2, 0.25) is 5.16 Å². The molecule has 0 saturated carbocycles. The quantitative estimate of drug-likeness (QED) is 0.578. The highest BCUT2D eigenvalue weighted by molar-refractivity contribution is 7.99. The topological polar surface area (TPSA) is 69.9 Å². The first-order valence-corrected chi connectivity index (χ1v) is 7.83. The Labute approximate surface area is 132 Å². The Kier molecular flexibility index (Phi) is 4.29. The summed E-state index contributed by atoms with van der Waals surface area (Å²) >= 11 is 1.54. The van der Waals surface area contributed by atoms with Crippen LogP contribution >= 0.6 is 11.8 Å². The summed E-state index contributed by atoms with van der Waals surface area (Å²) in [6, 6.07) is 12.0. The van der Waals surface area contributed by atoms with E-state index in [4.69, 9.17) is 10.3 Å². The average molecular weight is 312 g/mol. The number of nitrogens with zero attached hydrogens (tertiary/aromatic N) is 3. The molecule has 0 aliphatic carbocycles. The molecule has 2 N–H and O–H groups in total. The Bertz CT molecular complexity index is 777. The van der Waals surface area contributed by atoms with Crippen LogP contribution in [0.2, 0.25) is 0 Å². The van der Waals surface area contributed by atoms with Crippen molar-refractivity contribution in [2.45, 2.75) is 12.1 Å². The average Bonchev–Trinajstić information content (AvgIpc) is 3.11. The van der Waals surface area contributed by atoms with Crippen molar-refractivity contribution in [3.63, 3.8) is 0 Å². The molecule has 0 amide bonds. The third kappa shape index (κ3) is 3.07. The first kappa shape index (κ1) is 14.5. The van der Waals surface area contributed by atoms with Gasteiger partial charge in [0.25, 0.3) is 0 Å². The number of rotatable bonds is 5. The second-order valence-corrected chi connectivity index (χ2v) is 5.68. The molecular formula is C16H16N4OS. The van der Waals surface area contributed by atoms with Crippen molar-refractivity contribution in [3.05, 3.63) is 60.1 Å². The fourth-order valence-corrected chi connectivity index (χ4v) is 2.71. The zero-order valence-electron chi connectivity index (χ0n) is 12.1. The highest BCUT2D eigenvalue weighted by atomic mass is 32.2. The predicted octanol–water partition coefficient (Wildman–Crippen LogP) is 3.37. The van der Waals surface area contributed by atoms with Crippen molar-refractivity contribution in [1.82, 2.24) is 14.9 Å². The standard InChI is InChI=1S/C16H16N4OS/c1-12-14(9-10-21-12)15-18-19-16(20(15)17)22-11-5-8-13-6-3-2-4-7-13/h2-10H,11,17H2,1H3. The van der Waals surface area contributed by atoms with E-state index in [-0.39, 0.29) is 0 Å². The molecule has 5 nitrogen and oxygen atoms in total. The first-order chi connectivity index (χ1) is 10.8. The van der Waals surface area contributed by atoms with Crippen LogP contribution in [0.5, 0.6) is 0 Å². The molecule has 3 aromatic rings. The SMILES string of the molecule is Cc1occc1-c1nnc(SCC=Cc2ccccc2)n1N. The van der Waals surface area contributed by atoms with E-state index in [0.717, 1.165) is 17.1 Å². The van der Waals surface area contributed by atoms with E-state index < -0.39 is 0 Å². The lowest BCUT2D eigenvalue weighted by Gasteiger charge is -2.01. The monoisotopic (exact) mass is 312 g/mol. The summed E-state index contributed by atoms with van der Waals surface area (Å²) in [5.74, 6) is 8.22. The van der Waals surface area contributed by atoms with E-state index in [1.807, 2.05) is 31.2 Å². The largest absolute Gasteiger partial charge is 0.469 e. The van der Waals surface area contributed by atoms with Crippen molar-refractivity contribution in [3.8, 4) is 11.4 Å². The third-order valence-corrected chi connectivity index (χ3v) is 4.08. The molecule has 0 aliphatic rings. The van der Waals surface area contributed by atoms with Crippen LogP contribution in [0.3, 0.4) is 0 Å². The third-order valence-electron chi connectivity index (χ3n) is 3.18. The maximum atomic E-state index is 6.06. The molecule has 2 heterocycles. The number of nitrogen functional groups attached to an aromatic ring is 1. The molecule has 112 valence electrons. The molecule has 0 saturated heterocycles. The van der Waals surface area contributed by atoms with E-state index >= 15 is 0 Å². The van der Waals surface area contributed by atoms with Crippen LogP contribution in [0.4, 0.5) is 0 Å². The Morgan fingerprint density at radius 2 is 2.05 bits per heavy atom. The Morgan fingerprint density at radius 1 is 1.23 bits per heavy atom. The number of nitrogens with two attached hydrogens (primary N) is 1. The van der Waals surface area contributed by atoms with Gasteiger partial charge < -0.3 is 10.3 Å². The lowest BCUT2D eigenvalue weighted by Crippen LogP contribution is -2.11. The van der Waals surface area contributed by atoms with Crippen LogP contribution in [-0.4, -0.2) is 20.6 Å². The van der Waals surface area contributed by atoms with Gasteiger partial charge in [-0.15, -0.1) is 10.2 Å². The second kappa shape index (κ2) is 6.53. The summed E-state index contributed by atoms with van der Waals surface area (Å²) in [7, 11) is 0. The van der Waals surface area contributed by atoms with E-state index in [9.17, 15) is 0 Å². The van der Waals surface area contributed by atoms with Crippen LogP contribution in [0.15, 0.2) is 58.3 Å². The van der Waals surface area contributed by atoms with Gasteiger partial charge in [-0.05, 0) is 18.6 Å². The van der Waals surface area contributed by atoms with Crippen LogP contribution in [0.1, 0.15) is 11.3 Å². The summed E-state index contributed by atoms with van der Waals surface area (Å²) < 4.78 is 6.77. The van der Waals surface area contributed by atoms with Gasteiger partial charge in [-0.25, -0.2) is 4.68 Å². The minimum atomic E-state index is 0.612. The molecule has 22 heavy (non-hydrogen) atoms. The molecule has 1 aromatic carbocycles. The van der Waals surface area contributed by atoms with Crippen molar-refractivity contribution in [2.24, 2.45) is 0 Å². The van der Waals surface area contributed by atoms with Crippen LogP contribution in [0, 0.1) is 6.92 Å². The van der Waals surface area contributed by atoms with E-state index in [1.165, 1.54) is 22.0 Å². The molecule has 6 heteroatoms. The van der Waals surface area contributed by atoms with E-state index in [2.05, 4.69) is 34.5 Å². The molecule has 0 radical (unpaired) electrons. The molecule has 0 atom stereocenters. The van der Waals surface area contributed by atoms with E-state index in [1.54, 1.807) is 6.26 Å². The van der Waals surface area contributed by atoms with Gasteiger partial charge in [-0.2, -0.15) is 0 Å². The van der Waals surface area contributed by atoms with E-state index in [0.29, 0.717) is 11.0 Å². The molecule has 0 fully saturated rings. The van der Waals surface area contributed by atoms with Gasteiger partial charge in [0, 0.05) is 5.75 Å². The Hall–Kier alpha value is -2.47. The maximum absolute atomic E-state index is 6.06. The number of benzene rings is 1. The van der Waals surface area contributed by atoms with Crippen LogP contribution < -0.4 is 5.84 Å². The number of hydrogen-bond acceptors (Lipinski definition) is 5. The maximum Gasteiger partial charge on any atom is 0.210 e. The minimum Gasteiger partial charge on any atom is -0.469 e. The van der Waals surface area contributed by atoms with Crippen molar-refractivity contribution in [2.75, 3.05) is 11.6 Å². The predicted molar refractivity (Wildman–Crippen MR) is 88.8 cm³/mol. The van der Waals surface area contributed by atoms with Gasteiger partial charge in [0.15, 0.2) is 5.82 Å². The molecule has 2 aromatic heterocycles. The minimum absolute atomic E-state index is 0.612. The zero-order valence-corrected chi connectivity index (χ0v) is 13.0. The van der Waals surface area contributed by atoms with Gasteiger partial charge in [-0.1, -0.05) is 54.2 Å². The lowest BCUT2D eigenvalue weighted by molar-refractivity contribution is 0.535. The fraction of sp³-hybridized carbons (Fsp3) is 0.125. The number of hydrogen-bond donors (Lipinski definition) is 1. The zero-order chi connectivity index (χ0) is 15.4. The Morgan fingerprint density at radius 3 is 2.77 bits per heavy atom. The molecule has 0 spiro atoms. The van der Waals surface area contributed by atoms with Crippen molar-refractivity contribution >= 4 is 17.8 Å². The summed E-state index contributed by atoms with van der Waals surface area (Å²) in [5, 5.41) is 8.95.